The smallest absolute Gasteiger partial charge is 0.305 e. The molecule has 0 aromatic carbocycles. The van der Waals surface area contributed by atoms with E-state index in [9.17, 15) is 4.79 Å². The number of hydrogen-bond donors (Lipinski definition) is 0. The maximum atomic E-state index is 12.1. The lowest BCUT2D eigenvalue weighted by Gasteiger charge is -2.06. The molecule has 0 spiro atoms. The van der Waals surface area contributed by atoms with Crippen molar-refractivity contribution in [3.63, 3.8) is 0 Å². The quantitative estimate of drug-likeness (QED) is 0.0346. The lowest BCUT2D eigenvalue weighted by Crippen LogP contribution is -2.05. The Kier molecular flexibility index (Phi) is 56.5. The van der Waals surface area contributed by atoms with Gasteiger partial charge in [0.1, 0.15) is 0 Å². The summed E-state index contributed by atoms with van der Waals surface area (Å²) >= 11 is 0. The van der Waals surface area contributed by atoms with Crippen molar-refractivity contribution >= 4 is 5.97 Å². The van der Waals surface area contributed by atoms with E-state index in [1.54, 1.807) is 0 Å². The van der Waals surface area contributed by atoms with Crippen LogP contribution >= 0.6 is 0 Å². The SMILES string of the molecule is CCCCCCCCC=CCCCCCCCCCC(=O)OCCCCCCCCCCCCCCCCCCCCCCCCCCCCCCCCCCCCCCC. The number of hydrogen-bond acceptors (Lipinski definition) is 2. The van der Waals surface area contributed by atoms with Crippen LogP contribution in [0.4, 0.5) is 0 Å². The highest BCUT2D eigenvalue weighted by Gasteiger charge is 2.03. The third-order valence-electron chi connectivity index (χ3n) is 13.7. The minimum atomic E-state index is 0.0270. The highest BCUT2D eigenvalue weighted by Crippen LogP contribution is 2.18. The van der Waals surface area contributed by atoms with E-state index in [1.807, 2.05) is 0 Å². The highest BCUT2D eigenvalue weighted by atomic mass is 16.5. The highest BCUT2D eigenvalue weighted by molar-refractivity contribution is 5.69. The predicted octanol–water partition coefficient (Wildman–Crippen LogP) is 21.8. The van der Waals surface area contributed by atoms with Crippen molar-refractivity contribution in [2.75, 3.05) is 6.61 Å². The molecule has 0 unspecified atom stereocenters. The average molecular weight is 858 g/mol. The first-order valence-electron chi connectivity index (χ1n) is 29.1. The second kappa shape index (κ2) is 57.2. The Labute approximate surface area is 386 Å². The van der Waals surface area contributed by atoms with E-state index >= 15 is 0 Å². The fraction of sp³-hybridized carbons (Fsp3) is 0.949. The summed E-state index contributed by atoms with van der Waals surface area (Å²) in [6.45, 7) is 5.23. The summed E-state index contributed by atoms with van der Waals surface area (Å²) in [7, 11) is 0. The first-order chi connectivity index (χ1) is 30.3. The van der Waals surface area contributed by atoms with E-state index in [4.69, 9.17) is 4.74 Å². The molecule has 0 aromatic rings. The topological polar surface area (TPSA) is 26.3 Å². The summed E-state index contributed by atoms with van der Waals surface area (Å²) in [5.74, 6) is 0.0270. The average Bonchev–Trinajstić information content (AvgIpc) is 3.27. The van der Waals surface area contributed by atoms with Crippen molar-refractivity contribution in [2.24, 2.45) is 0 Å². The van der Waals surface area contributed by atoms with Gasteiger partial charge in [-0.1, -0.05) is 321 Å². The zero-order valence-corrected chi connectivity index (χ0v) is 42.7. The van der Waals surface area contributed by atoms with Gasteiger partial charge in [0.2, 0.25) is 0 Å². The van der Waals surface area contributed by atoms with Crippen molar-refractivity contribution in [3.8, 4) is 0 Å². The van der Waals surface area contributed by atoms with E-state index < -0.39 is 0 Å². The Bertz CT molecular complexity index is 803. The van der Waals surface area contributed by atoms with Crippen LogP contribution in [-0.2, 0) is 9.53 Å². The Morgan fingerprint density at radius 3 is 0.705 bits per heavy atom. The van der Waals surface area contributed by atoms with E-state index in [1.165, 1.54) is 321 Å². The molecule has 0 aliphatic rings. The Hall–Kier alpha value is -0.790. The standard InChI is InChI=1S/C59H116O2/c1-3-5-7-9-11-13-15-17-19-21-22-23-24-25-26-27-28-29-30-31-32-33-34-35-36-37-38-39-40-42-44-46-48-50-52-54-56-58-61-59(60)57-55-53-51-49-47-45-43-41-20-18-16-14-12-10-8-6-4-2/h18,20H,3-17,19,21-58H2,1-2H3. The van der Waals surface area contributed by atoms with Crippen LogP contribution in [0.15, 0.2) is 12.2 Å². The van der Waals surface area contributed by atoms with Crippen LogP contribution in [0.3, 0.4) is 0 Å². The van der Waals surface area contributed by atoms with E-state index in [0.29, 0.717) is 13.0 Å². The summed E-state index contributed by atoms with van der Waals surface area (Å²) in [6.07, 6.45) is 78.4. The zero-order valence-electron chi connectivity index (χ0n) is 42.7. The largest absolute Gasteiger partial charge is 0.466 e. The van der Waals surface area contributed by atoms with Crippen LogP contribution in [0.1, 0.15) is 354 Å². The van der Waals surface area contributed by atoms with Crippen LogP contribution in [-0.4, -0.2) is 12.6 Å². The molecule has 2 nitrogen and oxygen atoms in total. The Morgan fingerprint density at radius 2 is 0.459 bits per heavy atom. The second-order valence-corrected chi connectivity index (χ2v) is 20.0. The maximum absolute atomic E-state index is 12.1. The summed E-state index contributed by atoms with van der Waals surface area (Å²) in [6, 6.07) is 0. The molecular formula is C59H116O2. The Balaban J connectivity index is 3.14. The predicted molar refractivity (Wildman–Crippen MR) is 276 cm³/mol. The van der Waals surface area contributed by atoms with Crippen molar-refractivity contribution < 1.29 is 9.53 Å². The summed E-state index contributed by atoms with van der Waals surface area (Å²) < 4.78 is 5.50. The van der Waals surface area contributed by atoms with E-state index in [-0.39, 0.29) is 5.97 Å². The molecule has 2 heteroatoms. The lowest BCUT2D eigenvalue weighted by molar-refractivity contribution is -0.143. The minimum absolute atomic E-state index is 0.0270. The number of carbonyl (C=O) groups is 1. The van der Waals surface area contributed by atoms with Gasteiger partial charge in [-0.25, -0.2) is 0 Å². The first kappa shape index (κ1) is 60.2. The normalized spacial score (nSPS) is 11.7. The molecule has 0 aliphatic carbocycles. The third-order valence-corrected chi connectivity index (χ3v) is 13.7. The van der Waals surface area contributed by atoms with Crippen LogP contribution in [0.25, 0.3) is 0 Å². The van der Waals surface area contributed by atoms with Crippen molar-refractivity contribution in [1.82, 2.24) is 0 Å². The zero-order chi connectivity index (χ0) is 43.9. The molecule has 0 bridgehead atoms. The Morgan fingerprint density at radius 1 is 0.262 bits per heavy atom. The van der Waals surface area contributed by atoms with Crippen LogP contribution in [0.2, 0.25) is 0 Å². The molecule has 61 heavy (non-hydrogen) atoms. The number of unbranched alkanes of at least 4 members (excludes halogenated alkanes) is 49. The van der Waals surface area contributed by atoms with Crippen LogP contribution in [0.5, 0.6) is 0 Å². The molecule has 0 amide bonds. The number of carbonyl (C=O) groups excluding carboxylic acids is 1. The maximum Gasteiger partial charge on any atom is 0.305 e. The second-order valence-electron chi connectivity index (χ2n) is 20.0. The number of ether oxygens (including phenoxy) is 1. The van der Waals surface area contributed by atoms with Gasteiger partial charge in [0.15, 0.2) is 0 Å². The van der Waals surface area contributed by atoms with Gasteiger partial charge in [-0.05, 0) is 38.5 Å². The molecular weight excluding hydrogens is 741 g/mol. The van der Waals surface area contributed by atoms with E-state index in [2.05, 4.69) is 26.0 Å². The summed E-state index contributed by atoms with van der Waals surface area (Å²) in [4.78, 5) is 12.1. The van der Waals surface area contributed by atoms with Gasteiger partial charge >= 0.3 is 5.97 Å². The van der Waals surface area contributed by atoms with Gasteiger partial charge < -0.3 is 4.74 Å². The molecule has 0 aliphatic heterocycles. The first-order valence-corrected chi connectivity index (χ1v) is 29.1. The lowest BCUT2D eigenvalue weighted by atomic mass is 10.0. The third kappa shape index (κ3) is 57.2. The van der Waals surface area contributed by atoms with Crippen LogP contribution in [0, 0.1) is 0 Å². The van der Waals surface area contributed by atoms with Crippen molar-refractivity contribution in [1.29, 1.82) is 0 Å². The van der Waals surface area contributed by atoms with Gasteiger partial charge in [-0.15, -0.1) is 0 Å². The number of allylic oxidation sites excluding steroid dienone is 2. The summed E-state index contributed by atoms with van der Waals surface area (Å²) in [5.41, 5.74) is 0. The molecule has 0 heterocycles. The van der Waals surface area contributed by atoms with Gasteiger partial charge in [0.05, 0.1) is 6.61 Å². The molecule has 0 saturated heterocycles. The number of rotatable bonds is 55. The summed E-state index contributed by atoms with van der Waals surface area (Å²) in [5, 5.41) is 0. The molecule has 0 fully saturated rings. The van der Waals surface area contributed by atoms with Gasteiger partial charge in [-0.2, -0.15) is 0 Å². The van der Waals surface area contributed by atoms with Gasteiger partial charge in [-0.3, -0.25) is 4.79 Å². The van der Waals surface area contributed by atoms with Gasteiger partial charge in [0, 0.05) is 6.42 Å². The number of esters is 1. The van der Waals surface area contributed by atoms with Gasteiger partial charge in [0.25, 0.3) is 0 Å². The molecule has 0 aromatic heterocycles. The fourth-order valence-electron chi connectivity index (χ4n) is 9.31. The minimum Gasteiger partial charge on any atom is -0.466 e. The van der Waals surface area contributed by atoms with Crippen molar-refractivity contribution in [3.05, 3.63) is 12.2 Å². The molecule has 0 N–H and O–H groups in total. The van der Waals surface area contributed by atoms with E-state index in [0.717, 1.165) is 12.8 Å². The monoisotopic (exact) mass is 857 g/mol. The van der Waals surface area contributed by atoms with Crippen LogP contribution < -0.4 is 0 Å². The fourth-order valence-corrected chi connectivity index (χ4v) is 9.31. The molecule has 364 valence electrons. The molecule has 0 saturated carbocycles. The van der Waals surface area contributed by atoms with Crippen molar-refractivity contribution in [2.45, 2.75) is 354 Å². The molecule has 0 radical (unpaired) electrons. The molecule has 0 rings (SSSR count). The molecule has 0 atom stereocenters.